The van der Waals surface area contributed by atoms with E-state index in [9.17, 15) is 4.79 Å². The van der Waals surface area contributed by atoms with Crippen LogP contribution in [0.15, 0.2) is 0 Å². The van der Waals surface area contributed by atoms with E-state index < -0.39 is 0 Å². The highest BCUT2D eigenvalue weighted by Gasteiger charge is 2.28. The minimum Gasteiger partial charge on any atom is -0.370 e. The lowest BCUT2D eigenvalue weighted by atomic mass is 10.0. The fourth-order valence-corrected chi connectivity index (χ4v) is 2.32. The topological polar surface area (TPSA) is 72.3 Å². The molecule has 1 fully saturated rings. The summed E-state index contributed by atoms with van der Waals surface area (Å²) in [5, 5.41) is 0. The van der Waals surface area contributed by atoms with E-state index in [0.717, 1.165) is 13.1 Å². The van der Waals surface area contributed by atoms with E-state index in [4.69, 9.17) is 11.5 Å². The highest BCUT2D eigenvalue weighted by atomic mass is 16.1. The van der Waals surface area contributed by atoms with Gasteiger partial charge in [-0.15, -0.1) is 0 Å². The van der Waals surface area contributed by atoms with Crippen molar-refractivity contribution in [3.05, 3.63) is 0 Å². The molecule has 1 aliphatic rings. The number of primary amides is 1. The molecule has 0 saturated heterocycles. The lowest BCUT2D eigenvalue weighted by molar-refractivity contribution is -0.118. The highest BCUT2D eigenvalue weighted by molar-refractivity contribution is 5.73. The zero-order chi connectivity index (χ0) is 10.6. The normalized spacial score (nSPS) is 27.1. The molecule has 4 heteroatoms. The quantitative estimate of drug-likeness (QED) is 0.650. The molecule has 0 aromatic rings. The Kier molecular flexibility index (Phi) is 4.35. The van der Waals surface area contributed by atoms with Gasteiger partial charge in [-0.05, 0) is 32.4 Å². The molecule has 4 nitrogen and oxygen atoms in total. The first-order valence-electron chi connectivity index (χ1n) is 5.33. The Morgan fingerprint density at radius 2 is 2.21 bits per heavy atom. The lowest BCUT2D eigenvalue weighted by Crippen LogP contribution is -2.39. The standard InChI is InChI=1S/C10H21N3O/c1-13(6-5-10(12)14)9-4-2-3-8(9)7-11/h8-9H,2-7,11H2,1H3,(H2,12,14). The third-order valence-electron chi connectivity index (χ3n) is 3.20. The van der Waals surface area contributed by atoms with Gasteiger partial charge in [0, 0.05) is 19.0 Å². The van der Waals surface area contributed by atoms with Gasteiger partial charge in [0.15, 0.2) is 0 Å². The first kappa shape index (κ1) is 11.5. The maximum atomic E-state index is 10.6. The molecule has 0 bridgehead atoms. The second kappa shape index (κ2) is 5.32. The molecule has 0 heterocycles. The Hall–Kier alpha value is -0.610. The summed E-state index contributed by atoms with van der Waals surface area (Å²) in [5.74, 6) is 0.382. The van der Waals surface area contributed by atoms with Gasteiger partial charge in [0.1, 0.15) is 0 Å². The molecular weight excluding hydrogens is 178 g/mol. The zero-order valence-corrected chi connectivity index (χ0v) is 8.91. The van der Waals surface area contributed by atoms with Crippen LogP contribution in [-0.2, 0) is 4.79 Å². The van der Waals surface area contributed by atoms with Crippen molar-refractivity contribution >= 4 is 5.91 Å². The van der Waals surface area contributed by atoms with Crippen LogP contribution in [0, 0.1) is 5.92 Å². The monoisotopic (exact) mass is 199 g/mol. The SMILES string of the molecule is CN(CCC(N)=O)C1CCCC1CN. The maximum Gasteiger partial charge on any atom is 0.218 e. The van der Waals surface area contributed by atoms with Crippen molar-refractivity contribution in [3.63, 3.8) is 0 Å². The Morgan fingerprint density at radius 3 is 2.79 bits per heavy atom. The van der Waals surface area contributed by atoms with Crippen LogP contribution in [0.4, 0.5) is 0 Å². The van der Waals surface area contributed by atoms with Crippen molar-refractivity contribution in [1.82, 2.24) is 4.90 Å². The van der Waals surface area contributed by atoms with Crippen molar-refractivity contribution in [1.29, 1.82) is 0 Å². The van der Waals surface area contributed by atoms with Crippen molar-refractivity contribution in [2.45, 2.75) is 31.7 Å². The van der Waals surface area contributed by atoms with Gasteiger partial charge >= 0.3 is 0 Å². The number of nitrogens with zero attached hydrogens (tertiary/aromatic N) is 1. The van der Waals surface area contributed by atoms with E-state index in [2.05, 4.69) is 11.9 Å². The Morgan fingerprint density at radius 1 is 1.50 bits per heavy atom. The average molecular weight is 199 g/mol. The van der Waals surface area contributed by atoms with E-state index in [1.165, 1.54) is 19.3 Å². The molecule has 82 valence electrons. The predicted molar refractivity (Wildman–Crippen MR) is 56.6 cm³/mol. The molecule has 1 aliphatic carbocycles. The molecule has 1 amide bonds. The Balaban J connectivity index is 2.35. The van der Waals surface area contributed by atoms with Crippen molar-refractivity contribution in [2.75, 3.05) is 20.1 Å². The summed E-state index contributed by atoms with van der Waals surface area (Å²) >= 11 is 0. The smallest absolute Gasteiger partial charge is 0.218 e. The van der Waals surface area contributed by atoms with Gasteiger partial charge in [-0.25, -0.2) is 0 Å². The molecule has 2 atom stereocenters. The lowest BCUT2D eigenvalue weighted by Gasteiger charge is -2.28. The van der Waals surface area contributed by atoms with Crippen LogP contribution in [0.1, 0.15) is 25.7 Å². The van der Waals surface area contributed by atoms with Crippen LogP contribution in [0.2, 0.25) is 0 Å². The summed E-state index contributed by atoms with van der Waals surface area (Å²) in [6.07, 6.45) is 4.14. The summed E-state index contributed by atoms with van der Waals surface area (Å²) in [6, 6.07) is 0.555. The minimum absolute atomic E-state index is 0.223. The molecule has 0 spiro atoms. The number of amides is 1. The third-order valence-corrected chi connectivity index (χ3v) is 3.20. The molecule has 0 aromatic heterocycles. The second-order valence-corrected chi connectivity index (χ2v) is 4.19. The number of carbonyl (C=O) groups is 1. The van der Waals surface area contributed by atoms with Gasteiger partial charge < -0.3 is 16.4 Å². The van der Waals surface area contributed by atoms with Gasteiger partial charge in [-0.3, -0.25) is 4.79 Å². The molecule has 14 heavy (non-hydrogen) atoms. The van der Waals surface area contributed by atoms with Crippen LogP contribution in [0.5, 0.6) is 0 Å². The first-order chi connectivity index (χ1) is 6.65. The number of hydrogen-bond donors (Lipinski definition) is 2. The molecule has 2 unspecified atom stereocenters. The van der Waals surface area contributed by atoms with Crippen molar-refractivity contribution < 1.29 is 4.79 Å². The van der Waals surface area contributed by atoms with Crippen LogP contribution < -0.4 is 11.5 Å². The summed E-state index contributed by atoms with van der Waals surface area (Å²) < 4.78 is 0. The summed E-state index contributed by atoms with van der Waals surface area (Å²) in [7, 11) is 2.06. The summed E-state index contributed by atoms with van der Waals surface area (Å²) in [5.41, 5.74) is 10.8. The molecule has 4 N–H and O–H groups in total. The van der Waals surface area contributed by atoms with Crippen molar-refractivity contribution in [2.24, 2.45) is 17.4 Å². The van der Waals surface area contributed by atoms with Gasteiger partial charge in [0.05, 0.1) is 0 Å². The van der Waals surface area contributed by atoms with Gasteiger partial charge in [0.25, 0.3) is 0 Å². The fourth-order valence-electron chi connectivity index (χ4n) is 2.32. The van der Waals surface area contributed by atoms with E-state index >= 15 is 0 Å². The largest absolute Gasteiger partial charge is 0.370 e. The molecule has 1 rings (SSSR count). The molecule has 0 radical (unpaired) electrons. The van der Waals surface area contributed by atoms with Gasteiger partial charge in [0.2, 0.25) is 5.91 Å². The number of rotatable bonds is 5. The highest BCUT2D eigenvalue weighted by Crippen LogP contribution is 2.28. The molecule has 0 aliphatic heterocycles. The average Bonchev–Trinajstić information content (AvgIpc) is 2.61. The van der Waals surface area contributed by atoms with Crippen molar-refractivity contribution in [3.8, 4) is 0 Å². The third kappa shape index (κ3) is 2.96. The van der Waals surface area contributed by atoms with Gasteiger partial charge in [-0.1, -0.05) is 6.42 Å². The zero-order valence-electron chi connectivity index (χ0n) is 8.91. The van der Waals surface area contributed by atoms with Gasteiger partial charge in [-0.2, -0.15) is 0 Å². The maximum absolute atomic E-state index is 10.6. The predicted octanol–water partition coefficient (Wildman–Crippen LogP) is -0.0790. The molecular formula is C10H21N3O. The van der Waals surface area contributed by atoms with Crippen LogP contribution >= 0.6 is 0 Å². The fraction of sp³-hybridized carbons (Fsp3) is 0.900. The second-order valence-electron chi connectivity index (χ2n) is 4.19. The Bertz CT molecular complexity index is 196. The number of hydrogen-bond acceptors (Lipinski definition) is 3. The Labute approximate surface area is 85.6 Å². The molecule has 1 saturated carbocycles. The van der Waals surface area contributed by atoms with E-state index in [0.29, 0.717) is 18.4 Å². The van der Waals surface area contributed by atoms with Crippen LogP contribution in [0.3, 0.4) is 0 Å². The first-order valence-corrected chi connectivity index (χ1v) is 5.33. The number of carbonyl (C=O) groups excluding carboxylic acids is 1. The van der Waals surface area contributed by atoms with E-state index in [-0.39, 0.29) is 5.91 Å². The number of nitrogens with two attached hydrogens (primary N) is 2. The molecule has 0 aromatic carbocycles. The van der Waals surface area contributed by atoms with Crippen LogP contribution in [0.25, 0.3) is 0 Å². The summed E-state index contributed by atoms with van der Waals surface area (Å²) in [4.78, 5) is 12.9. The van der Waals surface area contributed by atoms with E-state index in [1.807, 2.05) is 0 Å². The van der Waals surface area contributed by atoms with Crippen LogP contribution in [-0.4, -0.2) is 37.0 Å². The summed E-state index contributed by atoms with van der Waals surface area (Å²) in [6.45, 7) is 1.52. The van der Waals surface area contributed by atoms with E-state index in [1.54, 1.807) is 0 Å². The minimum atomic E-state index is -0.223.